The lowest BCUT2D eigenvalue weighted by Crippen LogP contribution is -2.37. The van der Waals surface area contributed by atoms with Gasteiger partial charge in [-0.15, -0.1) is 0 Å². The maximum Gasteiger partial charge on any atom is 0.329 e. The summed E-state index contributed by atoms with van der Waals surface area (Å²) in [6, 6.07) is 22.2. The Morgan fingerprint density at radius 1 is 0.917 bits per heavy atom. The van der Waals surface area contributed by atoms with Crippen molar-refractivity contribution in [2.75, 3.05) is 11.9 Å². The largest absolute Gasteiger partial charge is 0.483 e. The number of hydrogen-bond acceptors (Lipinski definition) is 5. The molecule has 3 aromatic carbocycles. The molecule has 0 saturated heterocycles. The number of nitrogens with one attached hydrogen (secondary N) is 3. The van der Waals surface area contributed by atoms with E-state index in [1.807, 2.05) is 55.5 Å². The molecule has 0 bridgehead atoms. The minimum Gasteiger partial charge on any atom is -0.483 e. The van der Waals surface area contributed by atoms with Crippen LogP contribution in [0.15, 0.2) is 77.9 Å². The second kappa shape index (κ2) is 12.9. The predicted molar refractivity (Wildman–Crippen MR) is 140 cm³/mol. The van der Waals surface area contributed by atoms with Gasteiger partial charge in [0.1, 0.15) is 5.75 Å². The monoisotopic (exact) mass is 486 g/mol. The first kappa shape index (κ1) is 26.2. The summed E-state index contributed by atoms with van der Waals surface area (Å²) < 4.78 is 5.62. The standard InChI is InChI=1S/C28H30N4O4/c1-19(2)22-12-10-21(11-13-22)16-29-27(34)28(35)32-30-17-23-6-4-5-7-25(23)36-18-26(33)31-24-14-8-20(3)9-15-24/h4-15,17,19H,16,18H2,1-3H3,(H,29,34)(H,31,33)(H,32,35)/b30-17-. The zero-order chi connectivity index (χ0) is 25.9. The molecule has 0 spiro atoms. The Morgan fingerprint density at radius 3 is 2.31 bits per heavy atom. The molecule has 0 heterocycles. The van der Waals surface area contributed by atoms with Crippen LogP contribution in [0, 0.1) is 6.92 Å². The molecule has 3 N–H and O–H groups in total. The van der Waals surface area contributed by atoms with Crippen LogP contribution in [-0.2, 0) is 20.9 Å². The minimum absolute atomic E-state index is 0.203. The minimum atomic E-state index is -0.888. The normalized spacial score (nSPS) is 10.8. The van der Waals surface area contributed by atoms with Crippen LogP contribution in [0.1, 0.15) is 42.0 Å². The van der Waals surface area contributed by atoms with Gasteiger partial charge in [-0.2, -0.15) is 5.10 Å². The van der Waals surface area contributed by atoms with E-state index in [1.165, 1.54) is 11.8 Å². The summed E-state index contributed by atoms with van der Waals surface area (Å²) in [6.45, 7) is 6.21. The molecule has 36 heavy (non-hydrogen) atoms. The number of hydrazone groups is 1. The Morgan fingerprint density at radius 2 is 1.61 bits per heavy atom. The van der Waals surface area contributed by atoms with Crippen LogP contribution >= 0.6 is 0 Å². The Balaban J connectivity index is 1.47. The molecule has 8 heteroatoms. The highest BCUT2D eigenvalue weighted by molar-refractivity contribution is 6.35. The maximum atomic E-state index is 12.2. The van der Waals surface area contributed by atoms with Crippen LogP contribution in [0.25, 0.3) is 0 Å². The van der Waals surface area contributed by atoms with Gasteiger partial charge in [-0.1, -0.05) is 67.9 Å². The molecule has 0 aromatic heterocycles. The van der Waals surface area contributed by atoms with Gasteiger partial charge in [0.05, 0.1) is 6.21 Å². The van der Waals surface area contributed by atoms with Crippen molar-refractivity contribution < 1.29 is 19.1 Å². The third-order valence-electron chi connectivity index (χ3n) is 5.29. The predicted octanol–water partition coefficient (Wildman–Crippen LogP) is 3.90. The SMILES string of the molecule is Cc1ccc(NC(=O)COc2ccccc2/C=N\NC(=O)C(=O)NCc2ccc(C(C)C)cc2)cc1. The number of anilines is 1. The third kappa shape index (κ3) is 8.09. The molecule has 8 nitrogen and oxygen atoms in total. The summed E-state index contributed by atoms with van der Waals surface area (Å²) in [4.78, 5) is 36.4. The van der Waals surface area contributed by atoms with E-state index in [4.69, 9.17) is 4.74 Å². The van der Waals surface area contributed by atoms with Gasteiger partial charge in [0.2, 0.25) is 0 Å². The molecule has 0 unspecified atom stereocenters. The van der Waals surface area contributed by atoms with Crippen molar-refractivity contribution in [2.45, 2.75) is 33.2 Å². The molecule has 3 aromatic rings. The Labute approximate surface area is 210 Å². The summed E-state index contributed by atoms with van der Waals surface area (Å²) >= 11 is 0. The first-order valence-electron chi connectivity index (χ1n) is 11.6. The Hall–Kier alpha value is -4.46. The first-order valence-corrected chi connectivity index (χ1v) is 11.6. The molecule has 186 valence electrons. The fourth-order valence-corrected chi connectivity index (χ4v) is 3.19. The summed E-state index contributed by atoms with van der Waals surface area (Å²) in [5.41, 5.74) is 6.60. The van der Waals surface area contributed by atoms with E-state index in [2.05, 4.69) is 35.0 Å². The van der Waals surface area contributed by atoms with E-state index in [0.717, 1.165) is 11.1 Å². The van der Waals surface area contributed by atoms with Crippen LogP contribution < -0.4 is 20.8 Å². The van der Waals surface area contributed by atoms with Crippen LogP contribution in [0.4, 0.5) is 5.69 Å². The van der Waals surface area contributed by atoms with E-state index in [0.29, 0.717) is 22.9 Å². The van der Waals surface area contributed by atoms with E-state index in [1.54, 1.807) is 24.3 Å². The number of aryl methyl sites for hydroxylation is 1. The highest BCUT2D eigenvalue weighted by Crippen LogP contribution is 2.16. The summed E-state index contributed by atoms with van der Waals surface area (Å²) in [5.74, 6) is -1.17. The second-order valence-corrected chi connectivity index (χ2v) is 8.52. The van der Waals surface area contributed by atoms with Crippen molar-refractivity contribution in [2.24, 2.45) is 5.10 Å². The van der Waals surface area contributed by atoms with Gasteiger partial charge >= 0.3 is 11.8 Å². The van der Waals surface area contributed by atoms with Gasteiger partial charge in [-0.05, 0) is 48.2 Å². The van der Waals surface area contributed by atoms with Gasteiger partial charge in [0.15, 0.2) is 6.61 Å². The quantitative estimate of drug-likeness (QED) is 0.242. The summed E-state index contributed by atoms with van der Waals surface area (Å²) in [5, 5.41) is 9.18. The number of carbonyl (C=O) groups excluding carboxylic acids is 3. The molecule has 0 radical (unpaired) electrons. The number of ether oxygens (including phenoxy) is 1. The topological polar surface area (TPSA) is 109 Å². The van der Waals surface area contributed by atoms with Crippen molar-refractivity contribution in [3.8, 4) is 5.75 Å². The van der Waals surface area contributed by atoms with Crippen molar-refractivity contribution in [3.05, 3.63) is 95.1 Å². The molecule has 0 atom stereocenters. The zero-order valence-corrected chi connectivity index (χ0v) is 20.6. The number of benzene rings is 3. The van der Waals surface area contributed by atoms with Crippen LogP contribution in [0.2, 0.25) is 0 Å². The van der Waals surface area contributed by atoms with Gasteiger partial charge in [0, 0.05) is 17.8 Å². The number of carbonyl (C=O) groups is 3. The molecular weight excluding hydrogens is 456 g/mol. The lowest BCUT2D eigenvalue weighted by atomic mass is 10.0. The van der Waals surface area contributed by atoms with Crippen LogP contribution in [0.5, 0.6) is 5.75 Å². The maximum absolute atomic E-state index is 12.2. The van der Waals surface area contributed by atoms with Crippen molar-refractivity contribution >= 4 is 29.6 Å². The number of amides is 3. The summed E-state index contributed by atoms with van der Waals surface area (Å²) in [6.07, 6.45) is 1.35. The third-order valence-corrected chi connectivity index (χ3v) is 5.29. The van der Waals surface area contributed by atoms with E-state index in [9.17, 15) is 14.4 Å². The molecular formula is C28H30N4O4. The molecule has 0 fully saturated rings. The van der Waals surface area contributed by atoms with Crippen molar-refractivity contribution in [1.29, 1.82) is 0 Å². The average Bonchev–Trinajstić information content (AvgIpc) is 2.88. The smallest absolute Gasteiger partial charge is 0.329 e. The van der Waals surface area contributed by atoms with Crippen molar-refractivity contribution in [1.82, 2.24) is 10.7 Å². The van der Waals surface area contributed by atoms with Gasteiger partial charge < -0.3 is 15.4 Å². The highest BCUT2D eigenvalue weighted by atomic mass is 16.5. The molecule has 3 amide bonds. The van der Waals surface area contributed by atoms with Crippen LogP contribution in [0.3, 0.4) is 0 Å². The van der Waals surface area contributed by atoms with Crippen LogP contribution in [-0.4, -0.2) is 30.5 Å². The van der Waals surface area contributed by atoms with Gasteiger partial charge in [-0.25, -0.2) is 5.43 Å². The molecule has 0 saturated carbocycles. The van der Waals surface area contributed by atoms with E-state index >= 15 is 0 Å². The lowest BCUT2D eigenvalue weighted by Gasteiger charge is -2.10. The fourth-order valence-electron chi connectivity index (χ4n) is 3.19. The second-order valence-electron chi connectivity index (χ2n) is 8.52. The van der Waals surface area contributed by atoms with Gasteiger partial charge in [0.25, 0.3) is 5.91 Å². The number of hydrogen-bond donors (Lipinski definition) is 3. The molecule has 0 aliphatic heterocycles. The van der Waals surface area contributed by atoms with E-state index in [-0.39, 0.29) is 19.1 Å². The number of nitrogens with zero attached hydrogens (tertiary/aromatic N) is 1. The number of para-hydroxylation sites is 1. The summed E-state index contributed by atoms with van der Waals surface area (Å²) in [7, 11) is 0. The van der Waals surface area contributed by atoms with Crippen molar-refractivity contribution in [3.63, 3.8) is 0 Å². The fraction of sp³-hybridized carbons (Fsp3) is 0.214. The zero-order valence-electron chi connectivity index (χ0n) is 20.6. The molecule has 0 aliphatic carbocycles. The lowest BCUT2D eigenvalue weighted by molar-refractivity contribution is -0.139. The molecule has 3 rings (SSSR count). The average molecular weight is 487 g/mol. The van der Waals surface area contributed by atoms with E-state index < -0.39 is 11.8 Å². The Bertz CT molecular complexity index is 1220. The highest BCUT2D eigenvalue weighted by Gasteiger charge is 2.12. The van der Waals surface area contributed by atoms with Gasteiger partial charge in [-0.3, -0.25) is 14.4 Å². The number of rotatable bonds is 9. The Kier molecular flexibility index (Phi) is 9.33. The first-order chi connectivity index (χ1) is 17.3. The molecule has 0 aliphatic rings.